The van der Waals surface area contributed by atoms with Gasteiger partial charge in [0.25, 0.3) is 0 Å². The molecule has 0 saturated heterocycles. The molecule has 0 unspecified atom stereocenters. The Balaban J connectivity index is 1.17. The second-order valence-electron chi connectivity index (χ2n) is 10.9. The van der Waals surface area contributed by atoms with E-state index in [0.717, 1.165) is 0 Å². The van der Waals surface area contributed by atoms with Gasteiger partial charge in [0.15, 0.2) is 0 Å². The van der Waals surface area contributed by atoms with Crippen LogP contribution in [0.15, 0.2) is 133 Å². The standard InChI is InChI=1S/C40H34/c1-27-5-7-29(3)39(25-27)37-21-17-35(18-22-37)33-13-9-31(10-14-33)32-11-15-34(16-12-32)36-19-23-38(24-20-36)40-26-28(2)6-8-30(40)4/h5-26H,1-4H3. The predicted octanol–water partition coefficient (Wildman–Crippen LogP) is 11.3. The minimum atomic E-state index is 1.23. The van der Waals surface area contributed by atoms with E-state index in [1.165, 1.54) is 77.9 Å². The Bertz CT molecular complexity index is 1630. The van der Waals surface area contributed by atoms with E-state index in [1.807, 2.05) is 0 Å². The van der Waals surface area contributed by atoms with Crippen molar-refractivity contribution in [3.05, 3.63) is 156 Å². The Morgan fingerprint density at radius 1 is 0.250 bits per heavy atom. The Hall–Kier alpha value is -4.68. The minimum Gasteiger partial charge on any atom is -0.0590 e. The van der Waals surface area contributed by atoms with Crippen LogP contribution in [-0.2, 0) is 0 Å². The van der Waals surface area contributed by atoms with E-state index in [2.05, 4.69) is 161 Å². The van der Waals surface area contributed by atoms with Gasteiger partial charge >= 0.3 is 0 Å². The summed E-state index contributed by atoms with van der Waals surface area (Å²) < 4.78 is 0. The molecule has 0 nitrogen and oxygen atoms in total. The first-order valence-corrected chi connectivity index (χ1v) is 14.0. The molecule has 0 bridgehead atoms. The molecule has 194 valence electrons. The molecule has 0 heterocycles. The van der Waals surface area contributed by atoms with Crippen LogP contribution in [0.4, 0.5) is 0 Å². The van der Waals surface area contributed by atoms with Crippen LogP contribution in [-0.4, -0.2) is 0 Å². The summed E-state index contributed by atoms with van der Waals surface area (Å²) in [6.07, 6.45) is 0. The summed E-state index contributed by atoms with van der Waals surface area (Å²) >= 11 is 0. The van der Waals surface area contributed by atoms with Crippen LogP contribution in [0.1, 0.15) is 22.3 Å². The number of benzene rings is 6. The molecule has 0 saturated carbocycles. The average Bonchev–Trinajstić information content (AvgIpc) is 3.00. The third-order valence-electron chi connectivity index (χ3n) is 7.95. The third kappa shape index (κ3) is 5.26. The molecule has 0 aliphatic carbocycles. The molecule has 0 heteroatoms. The molecule has 0 N–H and O–H groups in total. The maximum absolute atomic E-state index is 2.27. The quantitative estimate of drug-likeness (QED) is 0.215. The van der Waals surface area contributed by atoms with Crippen LogP contribution in [0.5, 0.6) is 0 Å². The molecule has 6 aromatic rings. The Labute approximate surface area is 238 Å². The molecule has 0 spiro atoms. The Morgan fingerprint density at radius 2 is 0.475 bits per heavy atom. The van der Waals surface area contributed by atoms with Crippen molar-refractivity contribution in [2.75, 3.05) is 0 Å². The van der Waals surface area contributed by atoms with Gasteiger partial charge in [-0.1, -0.05) is 145 Å². The molecule has 0 atom stereocenters. The van der Waals surface area contributed by atoms with Crippen molar-refractivity contribution < 1.29 is 0 Å². The van der Waals surface area contributed by atoms with Crippen molar-refractivity contribution in [1.29, 1.82) is 0 Å². The zero-order valence-corrected chi connectivity index (χ0v) is 23.7. The lowest BCUT2D eigenvalue weighted by Crippen LogP contribution is -1.86. The van der Waals surface area contributed by atoms with Gasteiger partial charge in [-0.25, -0.2) is 0 Å². The summed E-state index contributed by atoms with van der Waals surface area (Å²) in [5, 5.41) is 0. The largest absolute Gasteiger partial charge is 0.0590 e. The van der Waals surface area contributed by atoms with Gasteiger partial charge in [0, 0.05) is 0 Å². The lowest BCUT2D eigenvalue weighted by molar-refractivity contribution is 1.39. The van der Waals surface area contributed by atoms with Crippen LogP contribution in [0, 0.1) is 27.7 Å². The lowest BCUT2D eigenvalue weighted by atomic mass is 9.94. The monoisotopic (exact) mass is 514 g/mol. The SMILES string of the molecule is Cc1ccc(C)c(-c2ccc(-c3ccc(-c4ccc(-c5ccc(-c6cc(C)ccc6C)cc5)cc4)cc3)cc2)c1. The van der Waals surface area contributed by atoms with Crippen LogP contribution < -0.4 is 0 Å². The first-order valence-electron chi connectivity index (χ1n) is 14.0. The average molecular weight is 515 g/mol. The number of hydrogen-bond acceptors (Lipinski definition) is 0. The van der Waals surface area contributed by atoms with E-state index in [0.29, 0.717) is 0 Å². The molecule has 0 radical (unpaired) electrons. The highest BCUT2D eigenvalue weighted by atomic mass is 14.1. The van der Waals surface area contributed by atoms with E-state index in [1.54, 1.807) is 0 Å². The van der Waals surface area contributed by atoms with Gasteiger partial charge in [0.05, 0.1) is 0 Å². The minimum absolute atomic E-state index is 1.23. The van der Waals surface area contributed by atoms with Crippen LogP contribution in [0.3, 0.4) is 0 Å². The van der Waals surface area contributed by atoms with E-state index >= 15 is 0 Å². The van der Waals surface area contributed by atoms with Crippen molar-refractivity contribution >= 4 is 0 Å². The van der Waals surface area contributed by atoms with Crippen molar-refractivity contribution in [3.63, 3.8) is 0 Å². The summed E-state index contributed by atoms with van der Waals surface area (Å²) in [7, 11) is 0. The summed E-state index contributed by atoms with van der Waals surface area (Å²) in [5.74, 6) is 0. The summed E-state index contributed by atoms with van der Waals surface area (Å²) in [4.78, 5) is 0. The van der Waals surface area contributed by atoms with Crippen molar-refractivity contribution in [2.45, 2.75) is 27.7 Å². The van der Waals surface area contributed by atoms with Crippen molar-refractivity contribution in [1.82, 2.24) is 0 Å². The van der Waals surface area contributed by atoms with E-state index in [4.69, 9.17) is 0 Å². The van der Waals surface area contributed by atoms with Gasteiger partial charge in [-0.2, -0.15) is 0 Å². The summed E-state index contributed by atoms with van der Waals surface area (Å²) in [6, 6.07) is 48.9. The Kier molecular flexibility index (Phi) is 6.93. The zero-order chi connectivity index (χ0) is 27.6. The van der Waals surface area contributed by atoms with Crippen LogP contribution in [0.25, 0.3) is 55.6 Å². The smallest absolute Gasteiger partial charge is 0.0152 e. The second kappa shape index (κ2) is 10.8. The van der Waals surface area contributed by atoms with Crippen molar-refractivity contribution in [2.24, 2.45) is 0 Å². The van der Waals surface area contributed by atoms with E-state index < -0.39 is 0 Å². The molecular formula is C40H34. The number of rotatable bonds is 5. The Morgan fingerprint density at radius 3 is 0.725 bits per heavy atom. The normalized spacial score (nSPS) is 11.0. The molecule has 40 heavy (non-hydrogen) atoms. The van der Waals surface area contributed by atoms with Crippen LogP contribution in [0.2, 0.25) is 0 Å². The molecule has 0 aliphatic rings. The summed E-state index contributed by atoms with van der Waals surface area (Å²) in [5.41, 5.74) is 17.7. The third-order valence-corrected chi connectivity index (χ3v) is 7.95. The maximum Gasteiger partial charge on any atom is -0.0152 e. The highest BCUT2D eigenvalue weighted by molar-refractivity contribution is 5.77. The fourth-order valence-electron chi connectivity index (χ4n) is 5.49. The van der Waals surface area contributed by atoms with Crippen molar-refractivity contribution in [3.8, 4) is 55.6 Å². The fourth-order valence-corrected chi connectivity index (χ4v) is 5.49. The summed E-state index contributed by atoms with van der Waals surface area (Å²) in [6.45, 7) is 8.65. The predicted molar refractivity (Wildman–Crippen MR) is 173 cm³/mol. The topological polar surface area (TPSA) is 0 Å². The fraction of sp³-hybridized carbons (Fsp3) is 0.100. The zero-order valence-electron chi connectivity index (χ0n) is 23.7. The highest BCUT2D eigenvalue weighted by Crippen LogP contribution is 2.31. The van der Waals surface area contributed by atoms with Crippen LogP contribution >= 0.6 is 0 Å². The van der Waals surface area contributed by atoms with Gasteiger partial charge < -0.3 is 0 Å². The molecular weight excluding hydrogens is 480 g/mol. The number of aryl methyl sites for hydroxylation is 4. The molecule has 0 fully saturated rings. The lowest BCUT2D eigenvalue weighted by Gasteiger charge is -2.10. The molecule has 6 aromatic carbocycles. The first-order chi connectivity index (χ1) is 19.4. The van der Waals surface area contributed by atoms with Gasteiger partial charge in [0.2, 0.25) is 0 Å². The van der Waals surface area contributed by atoms with Gasteiger partial charge in [-0.3, -0.25) is 0 Å². The molecule has 0 amide bonds. The van der Waals surface area contributed by atoms with E-state index in [9.17, 15) is 0 Å². The van der Waals surface area contributed by atoms with Gasteiger partial charge in [-0.05, 0) is 94.5 Å². The molecule has 0 aromatic heterocycles. The van der Waals surface area contributed by atoms with Gasteiger partial charge in [0.1, 0.15) is 0 Å². The van der Waals surface area contributed by atoms with E-state index in [-0.39, 0.29) is 0 Å². The first kappa shape index (κ1) is 25.6. The number of hydrogen-bond donors (Lipinski definition) is 0. The molecule has 0 aliphatic heterocycles. The highest BCUT2D eigenvalue weighted by Gasteiger charge is 2.07. The second-order valence-corrected chi connectivity index (χ2v) is 10.9. The maximum atomic E-state index is 2.27. The molecule has 6 rings (SSSR count). The van der Waals surface area contributed by atoms with Gasteiger partial charge in [-0.15, -0.1) is 0 Å².